The Balaban J connectivity index is 1.53. The van der Waals surface area contributed by atoms with Crippen molar-refractivity contribution in [3.05, 3.63) is 130 Å². The van der Waals surface area contributed by atoms with Gasteiger partial charge in [0, 0.05) is 17.4 Å². The molecule has 0 spiro atoms. The van der Waals surface area contributed by atoms with Crippen LogP contribution >= 0.6 is 0 Å². The molecule has 0 radical (unpaired) electrons. The van der Waals surface area contributed by atoms with E-state index in [0.29, 0.717) is 12.5 Å². The maximum absolute atomic E-state index is 14.3. The third-order valence-electron chi connectivity index (χ3n) is 8.11. The van der Waals surface area contributed by atoms with Crippen LogP contribution in [0, 0.1) is 20.8 Å². The maximum atomic E-state index is 14.3. The van der Waals surface area contributed by atoms with Gasteiger partial charge in [-0.05, 0) is 79.3 Å². The largest absolute Gasteiger partial charge is 0.322 e. The van der Waals surface area contributed by atoms with Crippen molar-refractivity contribution in [3.63, 3.8) is 0 Å². The molecule has 2 aromatic heterocycles. The molecule has 0 unspecified atom stereocenters. The Labute approximate surface area is 235 Å². The van der Waals surface area contributed by atoms with Crippen molar-refractivity contribution in [3.8, 4) is 11.5 Å². The molecule has 3 aromatic carbocycles. The monoisotopic (exact) mass is 529 g/mol. The lowest BCUT2D eigenvalue weighted by molar-refractivity contribution is 0.194. The second kappa shape index (κ2) is 10.2. The van der Waals surface area contributed by atoms with Gasteiger partial charge in [-0.1, -0.05) is 68.4 Å². The lowest BCUT2D eigenvalue weighted by Crippen LogP contribution is -2.38. The van der Waals surface area contributed by atoms with E-state index < -0.39 is 0 Å². The number of aryl methyl sites for hydroxylation is 2. The van der Waals surface area contributed by atoms with Crippen LogP contribution in [0.3, 0.4) is 0 Å². The van der Waals surface area contributed by atoms with Crippen LogP contribution in [-0.4, -0.2) is 25.3 Å². The van der Waals surface area contributed by atoms with Gasteiger partial charge in [0.2, 0.25) is 0 Å². The Morgan fingerprint density at radius 3 is 2.38 bits per heavy atom. The fourth-order valence-electron chi connectivity index (χ4n) is 5.64. The van der Waals surface area contributed by atoms with Gasteiger partial charge >= 0.3 is 6.03 Å². The first-order chi connectivity index (χ1) is 19.3. The van der Waals surface area contributed by atoms with Gasteiger partial charge in [-0.3, -0.25) is 0 Å². The maximum Gasteiger partial charge on any atom is 0.322 e. The van der Waals surface area contributed by atoms with Gasteiger partial charge in [0.25, 0.3) is 0 Å². The first-order valence-electron chi connectivity index (χ1n) is 13.9. The predicted octanol–water partition coefficient (Wildman–Crippen LogP) is 7.85. The second-order valence-corrected chi connectivity index (χ2v) is 11.0. The molecule has 2 amide bonds. The fourth-order valence-corrected chi connectivity index (χ4v) is 5.64. The highest BCUT2D eigenvalue weighted by Crippen LogP contribution is 2.39. The standard InChI is InChI=1S/C34H35N5O/c1-22(2)26-16-18-27(19-17-26)32-31-15-10-20-37(31)33-29(25(5)36-39(33)28-12-7-6-8-13-28)21-38(32)34(40)35-30-14-9-11-23(3)24(30)4/h6-20,22,32H,21H2,1-5H3,(H,35,40)/t32-/m1/s1. The molecule has 6 rings (SSSR count). The summed E-state index contributed by atoms with van der Waals surface area (Å²) < 4.78 is 4.20. The number of hydrogen-bond acceptors (Lipinski definition) is 2. The van der Waals surface area contributed by atoms with Crippen molar-refractivity contribution >= 4 is 11.7 Å². The summed E-state index contributed by atoms with van der Waals surface area (Å²) >= 11 is 0. The molecule has 1 aliphatic heterocycles. The smallest absolute Gasteiger partial charge is 0.308 e. The molecule has 202 valence electrons. The predicted molar refractivity (Wildman–Crippen MR) is 160 cm³/mol. The highest BCUT2D eigenvalue weighted by molar-refractivity contribution is 5.91. The summed E-state index contributed by atoms with van der Waals surface area (Å²) in [5.41, 5.74) is 9.32. The number of fused-ring (bicyclic) bond motifs is 3. The van der Waals surface area contributed by atoms with Crippen LogP contribution in [0.2, 0.25) is 0 Å². The van der Waals surface area contributed by atoms with Crippen LogP contribution in [-0.2, 0) is 6.54 Å². The van der Waals surface area contributed by atoms with E-state index in [0.717, 1.165) is 50.8 Å². The Morgan fingerprint density at radius 1 is 0.900 bits per heavy atom. The topological polar surface area (TPSA) is 55.1 Å². The number of rotatable bonds is 4. The van der Waals surface area contributed by atoms with E-state index in [-0.39, 0.29) is 12.1 Å². The van der Waals surface area contributed by atoms with Crippen LogP contribution in [0.1, 0.15) is 65.0 Å². The van der Waals surface area contributed by atoms with Gasteiger partial charge < -0.3 is 14.8 Å². The zero-order chi connectivity index (χ0) is 28.0. The normalized spacial score (nSPS) is 14.6. The number of carbonyl (C=O) groups is 1. The van der Waals surface area contributed by atoms with Crippen LogP contribution in [0.5, 0.6) is 0 Å². The van der Waals surface area contributed by atoms with E-state index >= 15 is 0 Å². The summed E-state index contributed by atoms with van der Waals surface area (Å²) in [5.74, 6) is 1.40. The molecule has 1 aliphatic rings. The Hall–Kier alpha value is -4.58. The van der Waals surface area contributed by atoms with Crippen molar-refractivity contribution in [2.75, 3.05) is 5.32 Å². The van der Waals surface area contributed by atoms with Crippen molar-refractivity contribution in [1.29, 1.82) is 0 Å². The first-order valence-corrected chi connectivity index (χ1v) is 13.9. The first kappa shape index (κ1) is 25.7. The van der Waals surface area contributed by atoms with Gasteiger partial charge in [-0.15, -0.1) is 0 Å². The average Bonchev–Trinajstić information content (AvgIpc) is 3.52. The molecule has 40 heavy (non-hydrogen) atoms. The molecule has 0 saturated carbocycles. The van der Waals surface area contributed by atoms with Crippen LogP contribution in [0.15, 0.2) is 91.1 Å². The number of anilines is 1. The summed E-state index contributed by atoms with van der Waals surface area (Å²) in [5, 5.41) is 8.19. The molecule has 0 fully saturated rings. The third-order valence-corrected chi connectivity index (χ3v) is 8.11. The van der Waals surface area contributed by atoms with Gasteiger partial charge in [0.1, 0.15) is 5.82 Å². The quantitative estimate of drug-likeness (QED) is 0.258. The number of amides is 2. The van der Waals surface area contributed by atoms with Crippen molar-refractivity contribution in [2.45, 2.75) is 53.1 Å². The minimum Gasteiger partial charge on any atom is -0.308 e. The highest BCUT2D eigenvalue weighted by atomic mass is 16.2. The molecule has 0 bridgehead atoms. The van der Waals surface area contributed by atoms with Crippen molar-refractivity contribution < 1.29 is 4.79 Å². The fraction of sp³-hybridized carbons (Fsp3) is 0.235. The molecule has 0 aliphatic carbocycles. The van der Waals surface area contributed by atoms with Gasteiger partial charge in [0.15, 0.2) is 0 Å². The Morgan fingerprint density at radius 2 is 1.65 bits per heavy atom. The number of hydrogen-bond donors (Lipinski definition) is 1. The van der Waals surface area contributed by atoms with Crippen LogP contribution < -0.4 is 5.32 Å². The van der Waals surface area contributed by atoms with E-state index in [1.165, 1.54) is 5.56 Å². The number of benzene rings is 3. The van der Waals surface area contributed by atoms with Crippen LogP contribution in [0.4, 0.5) is 10.5 Å². The lowest BCUT2D eigenvalue weighted by Gasteiger charge is -2.31. The molecule has 1 atom stereocenters. The van der Waals surface area contributed by atoms with Crippen LogP contribution in [0.25, 0.3) is 11.5 Å². The lowest BCUT2D eigenvalue weighted by atomic mass is 9.97. The minimum atomic E-state index is -0.294. The highest BCUT2D eigenvalue weighted by Gasteiger charge is 2.36. The summed E-state index contributed by atoms with van der Waals surface area (Å²) in [6.45, 7) is 11.0. The Bertz CT molecular complexity index is 1680. The molecule has 6 nitrogen and oxygen atoms in total. The Kier molecular flexibility index (Phi) is 6.54. The van der Waals surface area contributed by atoms with E-state index in [1.54, 1.807) is 0 Å². The summed E-state index contributed by atoms with van der Waals surface area (Å²) in [6.07, 6.45) is 2.08. The number of carbonyl (C=O) groups excluding carboxylic acids is 1. The van der Waals surface area contributed by atoms with Crippen molar-refractivity contribution in [1.82, 2.24) is 19.2 Å². The van der Waals surface area contributed by atoms with Gasteiger partial charge in [-0.25, -0.2) is 9.48 Å². The zero-order valence-corrected chi connectivity index (χ0v) is 23.7. The number of para-hydroxylation sites is 1. The third kappa shape index (κ3) is 4.39. The van der Waals surface area contributed by atoms with Gasteiger partial charge in [0.05, 0.1) is 29.7 Å². The number of nitrogens with one attached hydrogen (secondary N) is 1. The number of aromatic nitrogens is 3. The van der Waals surface area contributed by atoms with E-state index in [4.69, 9.17) is 5.10 Å². The summed E-state index contributed by atoms with van der Waals surface area (Å²) in [4.78, 5) is 16.2. The SMILES string of the molecule is Cc1cccc(NC(=O)N2Cc3c(C)nn(-c4ccccc4)c3-n3cccc3[C@H]2c2ccc(C(C)C)cc2)c1C. The molecule has 0 saturated heterocycles. The summed E-state index contributed by atoms with van der Waals surface area (Å²) in [6, 6.07) is 28.6. The molecule has 6 heteroatoms. The molecular weight excluding hydrogens is 494 g/mol. The van der Waals surface area contributed by atoms with E-state index in [9.17, 15) is 4.79 Å². The summed E-state index contributed by atoms with van der Waals surface area (Å²) in [7, 11) is 0. The van der Waals surface area contributed by atoms with E-state index in [2.05, 4.69) is 91.4 Å². The van der Waals surface area contributed by atoms with E-state index in [1.807, 2.05) is 53.8 Å². The zero-order valence-electron chi connectivity index (χ0n) is 23.7. The number of urea groups is 1. The minimum absolute atomic E-state index is 0.140. The molecule has 1 N–H and O–H groups in total. The second-order valence-electron chi connectivity index (χ2n) is 11.0. The molecule has 3 heterocycles. The van der Waals surface area contributed by atoms with Gasteiger partial charge in [-0.2, -0.15) is 5.10 Å². The van der Waals surface area contributed by atoms with Crippen molar-refractivity contribution in [2.24, 2.45) is 0 Å². The molecular formula is C34H35N5O. The average molecular weight is 530 g/mol. The number of nitrogens with zero attached hydrogens (tertiary/aromatic N) is 4. The molecule has 5 aromatic rings.